The monoisotopic (exact) mass is 391 g/mol. The molecule has 4 heteroatoms. The maximum absolute atomic E-state index is 6.45. The molecular weight excluding hydrogens is 358 g/mol. The molecule has 5 N–H and O–H groups in total. The van der Waals surface area contributed by atoms with Crippen LogP contribution in [-0.4, -0.2) is 0 Å². The van der Waals surface area contributed by atoms with E-state index in [1.54, 1.807) is 0 Å². The lowest BCUT2D eigenvalue weighted by Crippen LogP contribution is -2.56. The fourth-order valence-electron chi connectivity index (χ4n) is 5.78. The number of rotatable bonds is 4. The Morgan fingerprint density at radius 2 is 1.52 bits per heavy atom. The number of anilines is 2. The van der Waals surface area contributed by atoms with Crippen LogP contribution in [0, 0.1) is 11.8 Å². The summed E-state index contributed by atoms with van der Waals surface area (Å²) < 4.78 is 6.00. The van der Waals surface area contributed by atoms with E-state index in [1.165, 1.54) is 63.4 Å². The lowest BCUT2D eigenvalue weighted by molar-refractivity contribution is 0.0890. The van der Waals surface area contributed by atoms with E-state index in [2.05, 4.69) is 23.5 Å². The number of nitrogens with two attached hydrogens (primary N) is 2. The van der Waals surface area contributed by atoms with Crippen LogP contribution in [0.25, 0.3) is 0 Å². The Labute approximate surface area is 174 Å². The van der Waals surface area contributed by atoms with E-state index in [1.807, 2.05) is 24.3 Å². The van der Waals surface area contributed by atoms with Gasteiger partial charge in [0.15, 0.2) is 0 Å². The standard InChI is InChI=1S/C25H33N3O/c26-21-11-13-22(14-12-21)29-25(27)23-15-10-20(16-24(23)28-25)19-8-6-18(7-9-19)17-4-2-1-3-5-17/h10-19,28H,1-9,26-27H2. The van der Waals surface area contributed by atoms with Gasteiger partial charge in [0.05, 0.1) is 5.56 Å². The third-order valence-electron chi connectivity index (χ3n) is 7.48. The first-order chi connectivity index (χ1) is 14.1. The van der Waals surface area contributed by atoms with Gasteiger partial charge in [-0.15, -0.1) is 0 Å². The van der Waals surface area contributed by atoms with Gasteiger partial charge in [0.25, 0.3) is 5.85 Å². The number of nitrogen functional groups attached to an aromatic ring is 1. The Balaban J connectivity index is 1.22. The molecule has 154 valence electrons. The van der Waals surface area contributed by atoms with Gasteiger partial charge in [-0.05, 0) is 85.4 Å². The van der Waals surface area contributed by atoms with Crippen molar-refractivity contribution in [2.24, 2.45) is 17.6 Å². The van der Waals surface area contributed by atoms with E-state index < -0.39 is 5.85 Å². The van der Waals surface area contributed by atoms with Crippen LogP contribution >= 0.6 is 0 Å². The van der Waals surface area contributed by atoms with Crippen LogP contribution in [0.15, 0.2) is 42.5 Å². The fraction of sp³-hybridized carbons (Fsp3) is 0.520. The van der Waals surface area contributed by atoms with Crippen molar-refractivity contribution in [3.8, 4) is 5.75 Å². The molecule has 0 saturated heterocycles. The highest BCUT2D eigenvalue weighted by molar-refractivity contribution is 5.67. The number of fused-ring (bicyclic) bond motifs is 1. The Bertz CT molecular complexity index is 851. The molecule has 2 fully saturated rings. The summed E-state index contributed by atoms with van der Waals surface area (Å²) in [6.45, 7) is 0. The van der Waals surface area contributed by atoms with Gasteiger partial charge in [-0.1, -0.05) is 38.2 Å². The van der Waals surface area contributed by atoms with E-state index in [0.29, 0.717) is 17.4 Å². The summed E-state index contributed by atoms with van der Waals surface area (Å²) >= 11 is 0. The van der Waals surface area contributed by atoms with Crippen LogP contribution < -0.4 is 21.5 Å². The predicted octanol–water partition coefficient (Wildman–Crippen LogP) is 5.70. The van der Waals surface area contributed by atoms with Gasteiger partial charge >= 0.3 is 0 Å². The summed E-state index contributed by atoms with van der Waals surface area (Å²) in [5, 5.41) is 3.33. The maximum atomic E-state index is 6.45. The SMILES string of the molecule is Nc1ccc(OC2(N)Nc3cc(C4CCC(C5CCCCC5)CC4)ccc32)cc1. The van der Waals surface area contributed by atoms with E-state index in [9.17, 15) is 0 Å². The lowest BCUT2D eigenvalue weighted by atomic mass is 9.70. The molecule has 2 aromatic rings. The minimum atomic E-state index is -0.956. The largest absolute Gasteiger partial charge is 0.451 e. The molecule has 0 spiro atoms. The van der Waals surface area contributed by atoms with Crippen LogP contribution in [0.3, 0.4) is 0 Å². The zero-order valence-electron chi connectivity index (χ0n) is 17.2. The molecule has 1 heterocycles. The van der Waals surface area contributed by atoms with Gasteiger partial charge in [-0.2, -0.15) is 0 Å². The first-order valence-electron chi connectivity index (χ1n) is 11.4. The Kier molecular flexibility index (Phi) is 4.91. The molecule has 2 saturated carbocycles. The molecule has 3 aliphatic rings. The predicted molar refractivity (Wildman–Crippen MR) is 119 cm³/mol. The molecular formula is C25H33N3O. The van der Waals surface area contributed by atoms with Crippen molar-refractivity contribution in [2.75, 3.05) is 11.1 Å². The number of ether oxygens (including phenoxy) is 1. The fourth-order valence-corrected chi connectivity index (χ4v) is 5.78. The number of hydrogen-bond donors (Lipinski definition) is 3. The van der Waals surface area contributed by atoms with Crippen LogP contribution in [-0.2, 0) is 5.85 Å². The van der Waals surface area contributed by atoms with Gasteiger partial charge in [0, 0.05) is 11.4 Å². The van der Waals surface area contributed by atoms with Crippen LogP contribution in [0.4, 0.5) is 11.4 Å². The van der Waals surface area contributed by atoms with Gasteiger partial charge in [0.1, 0.15) is 5.75 Å². The van der Waals surface area contributed by atoms with E-state index >= 15 is 0 Å². The second-order valence-electron chi connectivity index (χ2n) is 9.35. The molecule has 2 aromatic carbocycles. The first kappa shape index (κ1) is 18.8. The minimum Gasteiger partial charge on any atom is -0.451 e. The van der Waals surface area contributed by atoms with Crippen molar-refractivity contribution in [2.45, 2.75) is 69.6 Å². The smallest absolute Gasteiger partial charge is 0.265 e. The second-order valence-corrected chi connectivity index (χ2v) is 9.35. The molecule has 0 amide bonds. The highest BCUT2D eigenvalue weighted by atomic mass is 16.5. The summed E-state index contributed by atoms with van der Waals surface area (Å²) in [7, 11) is 0. The topological polar surface area (TPSA) is 73.3 Å². The van der Waals surface area contributed by atoms with Crippen LogP contribution in [0.1, 0.15) is 74.8 Å². The van der Waals surface area contributed by atoms with Crippen molar-refractivity contribution in [1.29, 1.82) is 0 Å². The number of benzene rings is 2. The molecule has 4 nitrogen and oxygen atoms in total. The first-order valence-corrected chi connectivity index (χ1v) is 11.4. The molecule has 0 radical (unpaired) electrons. The molecule has 2 aliphatic carbocycles. The Morgan fingerprint density at radius 1 is 0.828 bits per heavy atom. The molecule has 0 aromatic heterocycles. The molecule has 1 unspecified atom stereocenters. The van der Waals surface area contributed by atoms with Gasteiger partial charge in [-0.25, -0.2) is 0 Å². The quantitative estimate of drug-likeness (QED) is 0.462. The van der Waals surface area contributed by atoms with Crippen LogP contribution in [0.2, 0.25) is 0 Å². The molecule has 1 aliphatic heterocycles. The number of hydrogen-bond acceptors (Lipinski definition) is 4. The van der Waals surface area contributed by atoms with Crippen molar-refractivity contribution < 1.29 is 4.74 Å². The van der Waals surface area contributed by atoms with Gasteiger partial charge in [0.2, 0.25) is 0 Å². The van der Waals surface area contributed by atoms with Gasteiger partial charge < -0.3 is 15.8 Å². The lowest BCUT2D eigenvalue weighted by Gasteiger charge is -2.42. The van der Waals surface area contributed by atoms with E-state index in [-0.39, 0.29) is 0 Å². The third kappa shape index (κ3) is 3.71. The van der Waals surface area contributed by atoms with E-state index in [0.717, 1.165) is 23.1 Å². The summed E-state index contributed by atoms with van der Waals surface area (Å²) in [4.78, 5) is 0. The highest BCUT2D eigenvalue weighted by Crippen LogP contribution is 2.46. The third-order valence-corrected chi connectivity index (χ3v) is 7.48. The average molecular weight is 392 g/mol. The van der Waals surface area contributed by atoms with Crippen LogP contribution in [0.5, 0.6) is 5.75 Å². The minimum absolute atomic E-state index is 0.688. The Morgan fingerprint density at radius 3 is 2.21 bits per heavy atom. The summed E-state index contributed by atoms with van der Waals surface area (Å²) in [6, 6.07) is 14.0. The van der Waals surface area contributed by atoms with Crippen molar-refractivity contribution in [3.05, 3.63) is 53.6 Å². The zero-order chi connectivity index (χ0) is 19.8. The molecule has 5 rings (SSSR count). The molecule has 29 heavy (non-hydrogen) atoms. The second kappa shape index (κ2) is 7.56. The summed E-state index contributed by atoms with van der Waals surface area (Å²) in [5.41, 5.74) is 16.5. The zero-order valence-corrected chi connectivity index (χ0v) is 17.2. The number of nitrogens with one attached hydrogen (secondary N) is 1. The van der Waals surface area contributed by atoms with Gasteiger partial charge in [-0.3, -0.25) is 5.73 Å². The summed E-state index contributed by atoms with van der Waals surface area (Å²) in [6.07, 6.45) is 12.8. The molecule has 0 bridgehead atoms. The molecule has 1 atom stereocenters. The normalized spacial score (nSPS) is 29.4. The maximum Gasteiger partial charge on any atom is 0.265 e. The highest BCUT2D eigenvalue weighted by Gasteiger charge is 2.42. The summed E-state index contributed by atoms with van der Waals surface area (Å²) in [5.74, 6) is 2.42. The Hall–Kier alpha value is -2.20. The van der Waals surface area contributed by atoms with Crippen molar-refractivity contribution >= 4 is 11.4 Å². The average Bonchev–Trinajstić information content (AvgIpc) is 2.75. The van der Waals surface area contributed by atoms with Crippen molar-refractivity contribution in [1.82, 2.24) is 0 Å². The van der Waals surface area contributed by atoms with E-state index in [4.69, 9.17) is 16.2 Å². The van der Waals surface area contributed by atoms with Crippen molar-refractivity contribution in [3.63, 3.8) is 0 Å².